The highest BCUT2D eigenvalue weighted by Gasteiger charge is 1.96. The Hall–Kier alpha value is -0.310. The van der Waals surface area contributed by atoms with E-state index in [0.29, 0.717) is 0 Å². The molecule has 0 atom stereocenters. The zero-order valence-corrected chi connectivity index (χ0v) is 11.9. The first-order valence-corrected chi connectivity index (χ1v) is 7.50. The molecule has 2 nitrogen and oxygen atoms in total. The first-order valence-electron chi connectivity index (χ1n) is 6.38. The van der Waals surface area contributed by atoms with Crippen LogP contribution in [0, 0.1) is 6.92 Å². The van der Waals surface area contributed by atoms with Crippen LogP contribution < -0.4 is 0 Å². The summed E-state index contributed by atoms with van der Waals surface area (Å²) in [4.78, 5) is 4.22. The monoisotopic (exact) mass is 286 g/mol. The second-order valence-electron chi connectivity index (χ2n) is 4.33. The lowest BCUT2D eigenvalue weighted by molar-refractivity contribution is 0.545. The van der Waals surface area contributed by atoms with Gasteiger partial charge in [0, 0.05) is 24.3 Å². The second kappa shape index (κ2) is 8.80. The van der Waals surface area contributed by atoms with Crippen molar-refractivity contribution in [3.05, 3.63) is 18.2 Å². The number of unbranched alkanes of at least 4 members (excludes halogenated alkanes) is 6. The van der Waals surface area contributed by atoms with Crippen LogP contribution in [0.4, 0.5) is 0 Å². The van der Waals surface area contributed by atoms with Crippen molar-refractivity contribution in [3.63, 3.8) is 0 Å². The number of imidazole rings is 1. The van der Waals surface area contributed by atoms with E-state index in [1.54, 1.807) is 0 Å². The summed E-state index contributed by atoms with van der Waals surface area (Å²) in [5, 5.41) is 1.16. The Kier molecular flexibility index (Phi) is 7.56. The van der Waals surface area contributed by atoms with E-state index in [2.05, 4.69) is 38.6 Å². The highest BCUT2D eigenvalue weighted by Crippen LogP contribution is 2.09. The van der Waals surface area contributed by atoms with Gasteiger partial charge < -0.3 is 4.57 Å². The molecule has 0 amide bonds. The molecule has 1 heterocycles. The normalized spacial score (nSPS) is 10.9. The molecule has 0 saturated heterocycles. The summed E-state index contributed by atoms with van der Waals surface area (Å²) in [6, 6.07) is 0. The van der Waals surface area contributed by atoms with Crippen LogP contribution in [-0.4, -0.2) is 14.9 Å². The van der Waals surface area contributed by atoms with Crippen LogP contribution in [0.2, 0.25) is 0 Å². The number of hydrogen-bond acceptors (Lipinski definition) is 1. The molecule has 0 unspecified atom stereocenters. The lowest BCUT2D eigenvalue weighted by Crippen LogP contribution is -1.98. The summed E-state index contributed by atoms with van der Waals surface area (Å²) in [6.07, 6.45) is 13.5. The summed E-state index contributed by atoms with van der Waals surface area (Å²) in [6.45, 7) is 3.20. The van der Waals surface area contributed by atoms with Crippen LogP contribution in [0.5, 0.6) is 0 Å². The van der Waals surface area contributed by atoms with Gasteiger partial charge >= 0.3 is 0 Å². The van der Waals surface area contributed by atoms with Gasteiger partial charge in [0.25, 0.3) is 0 Å². The van der Waals surface area contributed by atoms with Gasteiger partial charge in [0.15, 0.2) is 0 Å². The largest absolute Gasteiger partial charge is 0.335 e. The Morgan fingerprint density at radius 3 is 2.25 bits per heavy atom. The van der Waals surface area contributed by atoms with E-state index in [9.17, 15) is 0 Å². The van der Waals surface area contributed by atoms with Crippen LogP contribution in [0.3, 0.4) is 0 Å². The minimum atomic E-state index is 1.13. The first kappa shape index (κ1) is 13.8. The van der Waals surface area contributed by atoms with Crippen molar-refractivity contribution in [3.8, 4) is 0 Å². The molecular formula is C13H23BrN2. The maximum Gasteiger partial charge on any atom is 0.105 e. The second-order valence-corrected chi connectivity index (χ2v) is 5.12. The third-order valence-electron chi connectivity index (χ3n) is 2.96. The van der Waals surface area contributed by atoms with Gasteiger partial charge in [-0.2, -0.15) is 0 Å². The zero-order valence-electron chi connectivity index (χ0n) is 10.3. The van der Waals surface area contributed by atoms with E-state index in [-0.39, 0.29) is 0 Å². The summed E-state index contributed by atoms with van der Waals surface area (Å²) in [5.41, 5.74) is 0. The van der Waals surface area contributed by atoms with Crippen LogP contribution in [0.1, 0.15) is 50.8 Å². The van der Waals surface area contributed by atoms with Gasteiger partial charge in [-0.05, 0) is 19.8 Å². The predicted molar refractivity (Wildman–Crippen MR) is 73.1 cm³/mol. The number of aryl methyl sites for hydroxylation is 2. The van der Waals surface area contributed by atoms with Crippen LogP contribution >= 0.6 is 15.9 Å². The SMILES string of the molecule is Cc1nccn1CCCCCCCCCBr. The summed E-state index contributed by atoms with van der Waals surface area (Å²) in [5.74, 6) is 1.14. The van der Waals surface area contributed by atoms with Gasteiger partial charge in [-0.25, -0.2) is 4.98 Å². The molecule has 0 bridgehead atoms. The van der Waals surface area contributed by atoms with Crippen molar-refractivity contribution in [1.82, 2.24) is 9.55 Å². The molecule has 1 rings (SSSR count). The molecule has 0 aliphatic rings. The Morgan fingerprint density at radius 1 is 1.06 bits per heavy atom. The molecule has 16 heavy (non-hydrogen) atoms. The van der Waals surface area contributed by atoms with Crippen molar-refractivity contribution < 1.29 is 0 Å². The number of rotatable bonds is 9. The minimum absolute atomic E-state index is 1.13. The molecule has 0 spiro atoms. The first-order chi connectivity index (χ1) is 7.84. The standard InChI is InChI=1S/C13H23BrN2/c1-13-15-10-12-16(13)11-8-6-4-2-3-5-7-9-14/h10,12H,2-9,11H2,1H3. The quantitative estimate of drug-likeness (QED) is 0.488. The van der Waals surface area contributed by atoms with E-state index < -0.39 is 0 Å². The van der Waals surface area contributed by atoms with Crippen LogP contribution in [0.25, 0.3) is 0 Å². The fourth-order valence-electron chi connectivity index (χ4n) is 1.90. The van der Waals surface area contributed by atoms with E-state index >= 15 is 0 Å². The summed E-state index contributed by atoms with van der Waals surface area (Å²) >= 11 is 3.46. The molecule has 3 heteroatoms. The lowest BCUT2D eigenvalue weighted by atomic mass is 10.1. The number of nitrogens with zero attached hydrogens (tertiary/aromatic N) is 2. The van der Waals surface area contributed by atoms with Crippen molar-refractivity contribution >= 4 is 15.9 Å². The zero-order chi connectivity index (χ0) is 11.6. The van der Waals surface area contributed by atoms with Crippen LogP contribution in [0.15, 0.2) is 12.4 Å². The summed E-state index contributed by atoms with van der Waals surface area (Å²) in [7, 11) is 0. The van der Waals surface area contributed by atoms with Crippen molar-refractivity contribution in [2.24, 2.45) is 0 Å². The Bertz CT molecular complexity index is 271. The van der Waals surface area contributed by atoms with Gasteiger partial charge in [0.2, 0.25) is 0 Å². The van der Waals surface area contributed by atoms with Gasteiger partial charge in [-0.1, -0.05) is 48.0 Å². The fraction of sp³-hybridized carbons (Fsp3) is 0.769. The summed E-state index contributed by atoms with van der Waals surface area (Å²) < 4.78 is 2.24. The van der Waals surface area contributed by atoms with Gasteiger partial charge in [-0.15, -0.1) is 0 Å². The van der Waals surface area contributed by atoms with Gasteiger partial charge in [0.1, 0.15) is 5.82 Å². The maximum atomic E-state index is 4.22. The van der Waals surface area contributed by atoms with Crippen molar-refractivity contribution in [1.29, 1.82) is 0 Å². The maximum absolute atomic E-state index is 4.22. The topological polar surface area (TPSA) is 17.8 Å². The molecule has 0 fully saturated rings. The molecule has 0 N–H and O–H groups in total. The van der Waals surface area contributed by atoms with E-state index in [1.165, 1.54) is 44.9 Å². The van der Waals surface area contributed by atoms with Crippen LogP contribution in [-0.2, 0) is 6.54 Å². The average Bonchev–Trinajstić information content (AvgIpc) is 2.68. The third-order valence-corrected chi connectivity index (χ3v) is 3.52. The number of hydrogen-bond donors (Lipinski definition) is 0. The highest BCUT2D eigenvalue weighted by molar-refractivity contribution is 9.09. The highest BCUT2D eigenvalue weighted by atomic mass is 79.9. The van der Waals surface area contributed by atoms with Gasteiger partial charge in [-0.3, -0.25) is 0 Å². The predicted octanol–water partition coefficient (Wildman–Crippen LogP) is 4.32. The van der Waals surface area contributed by atoms with E-state index in [0.717, 1.165) is 17.7 Å². The van der Waals surface area contributed by atoms with Crippen molar-refractivity contribution in [2.75, 3.05) is 5.33 Å². The molecule has 0 radical (unpaired) electrons. The molecule has 1 aromatic heterocycles. The molecule has 92 valence electrons. The van der Waals surface area contributed by atoms with Gasteiger partial charge in [0.05, 0.1) is 0 Å². The van der Waals surface area contributed by atoms with E-state index in [4.69, 9.17) is 0 Å². The molecule has 0 saturated carbocycles. The molecule has 0 aromatic carbocycles. The average molecular weight is 287 g/mol. The fourth-order valence-corrected chi connectivity index (χ4v) is 2.30. The minimum Gasteiger partial charge on any atom is -0.335 e. The van der Waals surface area contributed by atoms with E-state index in [1.807, 2.05) is 6.20 Å². The lowest BCUT2D eigenvalue weighted by Gasteiger charge is -2.04. The molecule has 0 aliphatic carbocycles. The third kappa shape index (κ3) is 5.69. The van der Waals surface area contributed by atoms with Crippen molar-refractivity contribution in [2.45, 2.75) is 58.4 Å². The number of alkyl halides is 1. The molecule has 0 aliphatic heterocycles. The number of aromatic nitrogens is 2. The Morgan fingerprint density at radius 2 is 1.69 bits per heavy atom. The molecular weight excluding hydrogens is 264 g/mol. The molecule has 1 aromatic rings. The Balaban J connectivity index is 1.91. The number of halogens is 1. The smallest absolute Gasteiger partial charge is 0.105 e. The Labute approximate surface area is 108 Å².